The van der Waals surface area contributed by atoms with Gasteiger partial charge in [-0.15, -0.1) is 0 Å². The molecular weight excluding hydrogens is 230 g/mol. The van der Waals surface area contributed by atoms with E-state index in [-0.39, 0.29) is 6.61 Å². The lowest BCUT2D eigenvalue weighted by molar-refractivity contribution is 0.229. The topological polar surface area (TPSA) is 32.3 Å². The van der Waals surface area contributed by atoms with E-state index in [4.69, 9.17) is 0 Å². The molecule has 2 fully saturated rings. The van der Waals surface area contributed by atoms with Crippen LogP contribution in [0.5, 0.6) is 0 Å². The van der Waals surface area contributed by atoms with Crippen molar-refractivity contribution in [1.29, 1.82) is 0 Å². The maximum Gasteiger partial charge on any atom is 0.0564 e. The van der Waals surface area contributed by atoms with Gasteiger partial charge in [-0.2, -0.15) is 11.8 Å². The van der Waals surface area contributed by atoms with Gasteiger partial charge >= 0.3 is 0 Å². The van der Waals surface area contributed by atoms with E-state index < -0.39 is 0 Å². The molecule has 0 aliphatic heterocycles. The number of hydrogen-bond acceptors (Lipinski definition) is 3. The molecule has 2 N–H and O–H groups in total. The molecule has 0 aromatic carbocycles. The van der Waals surface area contributed by atoms with Crippen LogP contribution in [0.4, 0.5) is 0 Å². The van der Waals surface area contributed by atoms with Gasteiger partial charge in [0.1, 0.15) is 0 Å². The van der Waals surface area contributed by atoms with Gasteiger partial charge in [0.05, 0.1) is 6.61 Å². The van der Waals surface area contributed by atoms with Crippen molar-refractivity contribution in [2.24, 2.45) is 11.8 Å². The smallest absolute Gasteiger partial charge is 0.0564 e. The number of rotatable bonds is 6. The van der Waals surface area contributed by atoms with E-state index >= 15 is 0 Å². The summed E-state index contributed by atoms with van der Waals surface area (Å²) in [7, 11) is 0. The normalized spacial score (nSPS) is 33.4. The highest BCUT2D eigenvalue weighted by atomic mass is 32.2. The number of hydrogen-bond donors (Lipinski definition) is 2. The zero-order chi connectivity index (χ0) is 12.3. The number of aliphatic hydroxyl groups excluding tert-OH is 1. The summed E-state index contributed by atoms with van der Waals surface area (Å²) in [5, 5.41) is 13.4. The van der Waals surface area contributed by atoms with Crippen LogP contribution in [0.1, 0.15) is 45.4 Å². The first-order valence-electron chi connectivity index (χ1n) is 7.14. The van der Waals surface area contributed by atoms with Gasteiger partial charge in [-0.25, -0.2) is 0 Å². The zero-order valence-electron chi connectivity index (χ0n) is 11.2. The van der Waals surface area contributed by atoms with Crippen LogP contribution in [-0.4, -0.2) is 35.3 Å². The summed E-state index contributed by atoms with van der Waals surface area (Å²) >= 11 is 1.77. The highest BCUT2D eigenvalue weighted by Crippen LogP contribution is 2.43. The molecule has 3 heteroatoms. The molecule has 0 bridgehead atoms. The van der Waals surface area contributed by atoms with Crippen molar-refractivity contribution in [1.82, 2.24) is 5.32 Å². The summed E-state index contributed by atoms with van der Waals surface area (Å²) in [6, 6.07) is 1.13. The van der Waals surface area contributed by atoms with Gasteiger partial charge in [-0.3, -0.25) is 0 Å². The summed E-state index contributed by atoms with van der Waals surface area (Å²) in [5.74, 6) is 2.06. The number of nitrogens with one attached hydrogen (secondary N) is 1. The maximum absolute atomic E-state index is 9.32. The molecule has 2 nitrogen and oxygen atoms in total. The van der Waals surface area contributed by atoms with Gasteiger partial charge in [0, 0.05) is 17.3 Å². The summed E-state index contributed by atoms with van der Waals surface area (Å²) in [4.78, 5) is 0. The van der Waals surface area contributed by atoms with Gasteiger partial charge in [0.15, 0.2) is 0 Å². The van der Waals surface area contributed by atoms with Crippen molar-refractivity contribution in [3.05, 3.63) is 0 Å². The third-order valence-corrected chi connectivity index (χ3v) is 5.71. The molecule has 0 amide bonds. The Bertz CT molecular complexity index is 228. The average Bonchev–Trinajstić information content (AvgIpc) is 3.15. The van der Waals surface area contributed by atoms with Crippen LogP contribution in [0.2, 0.25) is 0 Å². The van der Waals surface area contributed by atoms with E-state index in [1.165, 1.54) is 38.5 Å². The number of thioether (sulfide) groups is 1. The van der Waals surface area contributed by atoms with E-state index in [1.54, 1.807) is 11.8 Å². The van der Waals surface area contributed by atoms with Crippen molar-refractivity contribution in [3.8, 4) is 0 Å². The second-order valence-electron chi connectivity index (χ2n) is 5.87. The molecule has 4 unspecified atom stereocenters. The summed E-state index contributed by atoms with van der Waals surface area (Å²) in [6.07, 6.45) is 10.6. The standard InChI is InChI=1S/C14H27NOS/c1-10(14(9-16)17-2)15-13-5-3-4-12(8-13)11-6-7-11/h10-16H,3-9H2,1-2H3. The molecule has 2 aliphatic carbocycles. The molecule has 0 aromatic heterocycles. The minimum atomic E-state index is 0.286. The summed E-state index contributed by atoms with van der Waals surface area (Å²) in [6.45, 7) is 2.51. The lowest BCUT2D eigenvalue weighted by Gasteiger charge is -2.33. The molecule has 0 radical (unpaired) electrons. The van der Waals surface area contributed by atoms with Gasteiger partial charge in [0.25, 0.3) is 0 Å². The third-order valence-electron chi connectivity index (χ3n) is 4.54. The Hall–Kier alpha value is 0.270. The Morgan fingerprint density at radius 2 is 2.00 bits per heavy atom. The van der Waals surface area contributed by atoms with E-state index in [9.17, 15) is 5.11 Å². The lowest BCUT2D eigenvalue weighted by atomic mass is 9.82. The average molecular weight is 257 g/mol. The van der Waals surface area contributed by atoms with Crippen LogP contribution < -0.4 is 5.32 Å². The fourth-order valence-corrected chi connectivity index (χ4v) is 3.93. The molecule has 2 saturated carbocycles. The summed E-state index contributed by atoms with van der Waals surface area (Å²) in [5.41, 5.74) is 0. The van der Waals surface area contributed by atoms with Crippen LogP contribution in [0.25, 0.3) is 0 Å². The third kappa shape index (κ3) is 3.87. The summed E-state index contributed by atoms with van der Waals surface area (Å²) < 4.78 is 0. The van der Waals surface area contributed by atoms with Gasteiger partial charge in [-0.1, -0.05) is 12.8 Å². The molecule has 4 atom stereocenters. The SMILES string of the molecule is CSC(CO)C(C)NC1CCCC(C2CC2)C1. The Kier molecular flexibility index (Phi) is 5.19. The van der Waals surface area contributed by atoms with Crippen molar-refractivity contribution in [2.75, 3.05) is 12.9 Å². The molecular formula is C14H27NOS. The van der Waals surface area contributed by atoms with E-state index in [1.807, 2.05) is 0 Å². The first-order chi connectivity index (χ1) is 8.24. The molecule has 2 rings (SSSR count). The van der Waals surface area contributed by atoms with Crippen LogP contribution in [0, 0.1) is 11.8 Å². The van der Waals surface area contributed by atoms with E-state index in [0.29, 0.717) is 17.3 Å². The second kappa shape index (κ2) is 6.44. The minimum absolute atomic E-state index is 0.286. The molecule has 0 heterocycles. The van der Waals surface area contributed by atoms with E-state index in [2.05, 4.69) is 18.5 Å². The van der Waals surface area contributed by atoms with Crippen LogP contribution in [-0.2, 0) is 0 Å². The van der Waals surface area contributed by atoms with Gasteiger partial charge in [-0.05, 0) is 50.7 Å². The lowest BCUT2D eigenvalue weighted by Crippen LogP contribution is -2.45. The van der Waals surface area contributed by atoms with Gasteiger partial charge in [0.2, 0.25) is 0 Å². The predicted molar refractivity (Wildman–Crippen MR) is 75.5 cm³/mol. The Labute approximate surface area is 110 Å². The Morgan fingerprint density at radius 1 is 1.24 bits per heavy atom. The van der Waals surface area contributed by atoms with Crippen molar-refractivity contribution in [2.45, 2.75) is 62.8 Å². The fraction of sp³-hybridized carbons (Fsp3) is 1.00. The molecule has 100 valence electrons. The molecule has 0 aromatic rings. The highest BCUT2D eigenvalue weighted by molar-refractivity contribution is 7.99. The monoisotopic (exact) mass is 257 g/mol. The molecule has 0 saturated heterocycles. The largest absolute Gasteiger partial charge is 0.395 e. The first kappa shape index (κ1) is 13.7. The molecule has 17 heavy (non-hydrogen) atoms. The maximum atomic E-state index is 9.32. The van der Waals surface area contributed by atoms with E-state index in [0.717, 1.165) is 11.8 Å². The van der Waals surface area contributed by atoms with Crippen LogP contribution in [0.15, 0.2) is 0 Å². The minimum Gasteiger partial charge on any atom is -0.395 e. The quantitative estimate of drug-likeness (QED) is 0.767. The van der Waals surface area contributed by atoms with Crippen molar-refractivity contribution < 1.29 is 5.11 Å². The van der Waals surface area contributed by atoms with Crippen molar-refractivity contribution >= 4 is 11.8 Å². The number of aliphatic hydroxyl groups is 1. The van der Waals surface area contributed by atoms with Crippen LogP contribution >= 0.6 is 11.8 Å². The first-order valence-corrected chi connectivity index (χ1v) is 8.43. The zero-order valence-corrected chi connectivity index (χ0v) is 12.0. The fourth-order valence-electron chi connectivity index (χ4n) is 3.29. The Balaban J connectivity index is 1.77. The molecule has 0 spiro atoms. The Morgan fingerprint density at radius 3 is 2.59 bits per heavy atom. The van der Waals surface area contributed by atoms with Crippen LogP contribution in [0.3, 0.4) is 0 Å². The highest BCUT2D eigenvalue weighted by Gasteiger charge is 2.35. The predicted octanol–water partition coefficient (Wildman–Crippen LogP) is 2.66. The molecule has 2 aliphatic rings. The second-order valence-corrected chi connectivity index (χ2v) is 6.95. The van der Waals surface area contributed by atoms with Gasteiger partial charge < -0.3 is 10.4 Å². The van der Waals surface area contributed by atoms with Crippen molar-refractivity contribution in [3.63, 3.8) is 0 Å².